The van der Waals surface area contributed by atoms with Crippen molar-refractivity contribution >= 4 is 80.1 Å². The summed E-state index contributed by atoms with van der Waals surface area (Å²) in [5.74, 6) is -11.2. The number of carbonyl (C=O) groups is 9. The Hall–Kier alpha value is -7.29. The van der Waals surface area contributed by atoms with Gasteiger partial charge in [-0.25, -0.2) is 0 Å². The molecule has 7 amide bonds. The maximum Gasteiger partial charge on any atom is 1.00 e. The van der Waals surface area contributed by atoms with Crippen LogP contribution < -0.4 is 78.0 Å². The number of aliphatic imine (C=N–C) groups is 1. The van der Waals surface area contributed by atoms with Gasteiger partial charge in [0.1, 0.15) is 42.0 Å². The second-order valence-corrected chi connectivity index (χ2v) is 20.3. The topological polar surface area (TPSA) is 408 Å². The maximum atomic E-state index is 14.3. The van der Waals surface area contributed by atoms with E-state index in [4.69, 9.17) is 11.5 Å². The summed E-state index contributed by atoms with van der Waals surface area (Å²) in [5.41, 5.74) is 13.1. The number of benzene rings is 4. The fraction of sp³-hybridized carbons (Fsp3) is 0.407. The predicted octanol–water partition coefficient (Wildman–Crippen LogP) is -2.93. The molecule has 0 aromatic heterocycles. The van der Waals surface area contributed by atoms with Crippen LogP contribution in [0.2, 0.25) is 0 Å². The summed E-state index contributed by atoms with van der Waals surface area (Å²) in [6.45, 7) is 2.84. The van der Waals surface area contributed by atoms with Crippen molar-refractivity contribution in [1.29, 1.82) is 0 Å². The molecule has 7 atom stereocenters. The number of amides is 7. The fourth-order valence-corrected chi connectivity index (χ4v) is 8.79. The first-order valence-electron chi connectivity index (χ1n) is 25.5. The van der Waals surface area contributed by atoms with Gasteiger partial charge in [-0.1, -0.05) is 137 Å². The van der Waals surface area contributed by atoms with Crippen molar-refractivity contribution in [2.45, 2.75) is 133 Å². The predicted molar refractivity (Wildman–Crippen MR) is 288 cm³/mol. The number of carboxylic acids is 2. The molecule has 24 nitrogen and oxygen atoms in total. The standard InChI is InChI=1S/C54H69N9O15S.Na/c1-3-5-16-39(59-53(74)43(62-49(70)38(55)28-46(65)66)26-33-18-20-34(21-19-33)31-79(76,77)78)50(71)57-30-45(64)58-42(27-35-22-23-36-14-10-11-15-37(36)24-35)52(73)60-40(17-6-4-2)51(72)63-44(29-47(67)68)54(75)61-41(48(56)69)25-32-12-8-7-9-13-32;/h7-15,18-24,38-44H,3-6,16-17,25-31,55H2,1-2H3,(H2,56,69)(H,57,71)(H,58,64)(H,59,74)(H,60,73)(H,61,75)(H,62,70)(H,63,72)(H,65,66)(H,67,68)(H,76,77,78);/q;+1/p-1/t38-,39-,40-,41-,42-,43-,44-;/m0./s1. The molecule has 26 heteroatoms. The third-order valence-corrected chi connectivity index (χ3v) is 13.0. The summed E-state index contributed by atoms with van der Waals surface area (Å²) in [6, 6.07) is 16.5. The van der Waals surface area contributed by atoms with Crippen LogP contribution in [-0.2, 0) is 78.3 Å². The van der Waals surface area contributed by atoms with Crippen molar-refractivity contribution in [3.63, 3.8) is 0 Å². The summed E-state index contributed by atoms with van der Waals surface area (Å²) < 4.78 is 32.1. The Morgan fingerprint density at radius 1 is 0.562 bits per heavy atom. The number of primary amides is 1. The molecule has 0 aliphatic carbocycles. The molecule has 4 rings (SSSR count). The molecule has 0 aliphatic rings. The Kier molecular flexibility index (Phi) is 27.9. The van der Waals surface area contributed by atoms with Gasteiger partial charge in [-0.3, -0.25) is 52.7 Å². The monoisotopic (exact) mass is 1140 g/mol. The molecule has 0 bridgehead atoms. The number of nitrogens with zero attached hydrogens (tertiary/aromatic N) is 1. The summed E-state index contributed by atoms with van der Waals surface area (Å²) in [6.07, 6.45) is -0.317. The molecule has 4 aromatic carbocycles. The van der Waals surface area contributed by atoms with Crippen LogP contribution >= 0.6 is 0 Å². The number of unbranched alkanes of at least 4 members (excludes halogenated alkanes) is 2. The quantitative estimate of drug-likeness (QED) is 0.00985. The van der Waals surface area contributed by atoms with Gasteiger partial charge in [0, 0.05) is 25.8 Å². The van der Waals surface area contributed by atoms with Gasteiger partial charge in [-0.15, -0.1) is 0 Å². The van der Waals surface area contributed by atoms with Gasteiger partial charge in [-0.05, 0) is 51.8 Å². The van der Waals surface area contributed by atoms with Gasteiger partial charge in [0.25, 0.3) is 10.1 Å². The van der Waals surface area contributed by atoms with E-state index in [1.807, 2.05) is 32.0 Å². The number of rotatable bonds is 33. The molecule has 0 spiro atoms. The molecular formula is C54H68N9NaO15S. The minimum Gasteiger partial charge on any atom is -0.861 e. The van der Waals surface area contributed by atoms with Crippen LogP contribution in [0.15, 0.2) is 102 Å². The van der Waals surface area contributed by atoms with Crippen LogP contribution in [0.1, 0.15) is 87.5 Å². The van der Waals surface area contributed by atoms with E-state index < -0.39 is 137 Å². The van der Waals surface area contributed by atoms with E-state index in [1.54, 1.807) is 54.6 Å². The van der Waals surface area contributed by atoms with E-state index in [1.165, 1.54) is 24.3 Å². The third-order valence-electron chi connectivity index (χ3n) is 12.3. The molecule has 4 aromatic rings. The molecule has 0 saturated heterocycles. The Labute approximate surface area is 485 Å². The Balaban J connectivity index is 0.0000168. The summed E-state index contributed by atoms with van der Waals surface area (Å²) >= 11 is 0. The van der Waals surface area contributed by atoms with E-state index in [9.17, 15) is 71.4 Å². The van der Waals surface area contributed by atoms with Gasteiger partial charge in [0.15, 0.2) is 0 Å². The normalized spacial score (nSPS) is 14.0. The van der Waals surface area contributed by atoms with Gasteiger partial charge < -0.3 is 58.7 Å². The van der Waals surface area contributed by atoms with Crippen LogP contribution in [0.5, 0.6) is 0 Å². The zero-order chi connectivity index (χ0) is 58.2. The maximum absolute atomic E-state index is 14.3. The summed E-state index contributed by atoms with van der Waals surface area (Å²) in [5, 5.41) is 49.2. The van der Waals surface area contributed by atoms with E-state index in [0.717, 1.165) is 10.8 Å². The van der Waals surface area contributed by atoms with E-state index in [2.05, 4.69) is 36.9 Å². The van der Waals surface area contributed by atoms with Crippen molar-refractivity contribution in [2.24, 2.45) is 16.5 Å². The molecular weight excluding hydrogens is 1070 g/mol. The Morgan fingerprint density at radius 2 is 1.04 bits per heavy atom. The number of carbonyl (C=O) groups excluding carboxylic acids is 7. The van der Waals surface area contributed by atoms with Crippen molar-refractivity contribution < 1.29 is 101 Å². The minimum absolute atomic E-state index is 0. The number of nitrogens with one attached hydrogen (secondary N) is 6. The van der Waals surface area contributed by atoms with Gasteiger partial charge >= 0.3 is 41.5 Å². The van der Waals surface area contributed by atoms with Crippen molar-refractivity contribution in [3.8, 4) is 0 Å². The Morgan fingerprint density at radius 3 is 1.62 bits per heavy atom. The first kappa shape index (κ1) is 67.0. The SMILES string of the molecule is CCCC[C@H](NC(=O)[C@H](Cc1ccc2ccccc2c1)N=C([O-])CNC(=O)[C@H](CCCC)NC(=O)[C@H](Cc1ccc(CS(=O)(=O)O)cc1)NC(=O)[C@@H](N)CC(=O)O)C(=O)N[C@@H](CC(=O)O)C(=O)N[C@@H](Cc1ccccc1)C(N)=O.[Na+]. The minimum atomic E-state index is -4.37. The number of aliphatic carboxylic acids is 2. The molecule has 0 radical (unpaired) electrons. The van der Waals surface area contributed by atoms with Crippen LogP contribution in [-0.4, -0.2) is 131 Å². The van der Waals surface area contributed by atoms with Crippen molar-refractivity contribution in [1.82, 2.24) is 31.9 Å². The van der Waals surface area contributed by atoms with Crippen molar-refractivity contribution in [3.05, 3.63) is 119 Å². The average molecular weight is 1140 g/mol. The third kappa shape index (κ3) is 23.6. The van der Waals surface area contributed by atoms with Crippen LogP contribution in [0.3, 0.4) is 0 Å². The average Bonchev–Trinajstić information content (AvgIpc) is 3.39. The van der Waals surface area contributed by atoms with Gasteiger partial charge in [0.2, 0.25) is 41.4 Å². The van der Waals surface area contributed by atoms with Gasteiger partial charge in [-0.2, -0.15) is 8.42 Å². The first-order valence-corrected chi connectivity index (χ1v) is 27.1. The largest absolute Gasteiger partial charge is 1.00 e. The van der Waals surface area contributed by atoms with Crippen LogP contribution in [0.4, 0.5) is 0 Å². The molecule has 80 heavy (non-hydrogen) atoms. The van der Waals surface area contributed by atoms with Gasteiger partial charge in [0.05, 0.1) is 18.9 Å². The number of carboxylic acid groups (broad SMARTS) is 2. The number of nitrogens with two attached hydrogens (primary N) is 2. The molecule has 426 valence electrons. The summed E-state index contributed by atoms with van der Waals surface area (Å²) in [7, 11) is -4.37. The smallest absolute Gasteiger partial charge is 0.861 e. The molecule has 0 aliphatic heterocycles. The zero-order valence-electron chi connectivity index (χ0n) is 44.7. The zero-order valence-corrected chi connectivity index (χ0v) is 47.5. The molecule has 0 saturated carbocycles. The van der Waals surface area contributed by atoms with Crippen LogP contribution in [0, 0.1) is 0 Å². The van der Waals surface area contributed by atoms with E-state index in [0.29, 0.717) is 42.4 Å². The fourth-order valence-electron chi connectivity index (χ4n) is 8.17. The van der Waals surface area contributed by atoms with Crippen LogP contribution in [0.25, 0.3) is 10.8 Å². The summed E-state index contributed by atoms with van der Waals surface area (Å²) in [4.78, 5) is 123. The van der Waals surface area contributed by atoms with Crippen molar-refractivity contribution in [2.75, 3.05) is 6.54 Å². The number of hydrogen-bond donors (Lipinski definition) is 11. The van der Waals surface area contributed by atoms with E-state index in [-0.39, 0.29) is 67.2 Å². The molecule has 0 fully saturated rings. The number of hydrogen-bond acceptors (Lipinski definition) is 14. The van der Waals surface area contributed by atoms with E-state index >= 15 is 0 Å². The first-order chi connectivity index (χ1) is 37.4. The second kappa shape index (κ2) is 33.3. The second-order valence-electron chi connectivity index (χ2n) is 18.9. The molecule has 0 heterocycles. The molecule has 0 unspecified atom stereocenters. The Bertz CT molecular complexity index is 2930. The number of fused-ring (bicyclic) bond motifs is 1. The molecule has 13 N–H and O–H groups in total.